The first kappa shape index (κ1) is 42.8. The number of benzene rings is 3. The highest BCUT2D eigenvalue weighted by molar-refractivity contribution is 6.04. The number of aliphatic imine (C=N–C) groups is 1. The first-order chi connectivity index (χ1) is 29.5. The lowest BCUT2D eigenvalue weighted by molar-refractivity contribution is -0.135. The molecule has 0 spiro atoms. The maximum absolute atomic E-state index is 14.1. The number of aromatic amines is 1. The number of likely N-dealkylation sites (tertiary alicyclic amines) is 2. The number of carbonyl (C=O) groups excluding carboxylic acids is 4. The number of rotatable bonds is 13. The Bertz CT molecular complexity index is 2250. The summed E-state index contributed by atoms with van der Waals surface area (Å²) in [4.78, 5) is 69.1. The average molecular weight is 830 g/mol. The van der Waals surface area contributed by atoms with Gasteiger partial charge in [0.15, 0.2) is 0 Å². The number of methoxy groups -OCH3 is 3. The number of amides is 4. The Morgan fingerprint density at radius 1 is 0.770 bits per heavy atom. The monoisotopic (exact) mass is 829 g/mol. The highest BCUT2D eigenvalue weighted by Gasteiger charge is 2.42. The second-order valence-corrected chi connectivity index (χ2v) is 16.5. The number of ether oxygens (including phenoxy) is 3. The fourth-order valence-electron chi connectivity index (χ4n) is 8.74. The molecule has 3 aromatic carbocycles. The number of nitrogens with zero attached hydrogens (tertiary/aromatic N) is 4. The smallest absolute Gasteiger partial charge is 0.407 e. The molecular formula is C47H55N7O7. The zero-order valence-corrected chi connectivity index (χ0v) is 35.6. The van der Waals surface area contributed by atoms with E-state index in [1.807, 2.05) is 55.3 Å². The summed E-state index contributed by atoms with van der Waals surface area (Å²) in [6.45, 7) is 7.50. The van der Waals surface area contributed by atoms with E-state index in [-0.39, 0.29) is 41.7 Å². The number of nitrogens with one attached hydrogen (secondary N) is 3. The summed E-state index contributed by atoms with van der Waals surface area (Å²) in [7, 11) is 4.23. The summed E-state index contributed by atoms with van der Waals surface area (Å²) >= 11 is 0. The quantitative estimate of drug-likeness (QED) is 0.127. The Balaban J connectivity index is 1.00. The highest BCUT2D eigenvalue weighted by atomic mass is 16.5. The number of carbonyl (C=O) groups is 4. The van der Waals surface area contributed by atoms with Crippen LogP contribution in [0.4, 0.5) is 9.59 Å². The van der Waals surface area contributed by atoms with Gasteiger partial charge in [-0.05, 0) is 58.1 Å². The van der Waals surface area contributed by atoms with Crippen molar-refractivity contribution < 1.29 is 33.4 Å². The third kappa shape index (κ3) is 9.54. The Morgan fingerprint density at radius 3 is 2.03 bits per heavy atom. The van der Waals surface area contributed by atoms with Crippen LogP contribution in [0.2, 0.25) is 0 Å². The summed E-state index contributed by atoms with van der Waals surface area (Å²) in [5.41, 5.74) is 7.71. The standard InChI is InChI=1S/C47H55N7O7/c1-28(2)41(51-46(57)60-5)44(55)54-26-30(27-59-4)21-40(54)43-49-24-38(50-43)34-18-16-32(17-19-34)31-12-14-33(15-13-31)36-22-37(48-23-36)39-20-29(3)25-53(39)45(56)42(52-47(58)61-6)35-10-8-7-9-11-35/h7-19,23-24,28-30,39-42H,20-22,25-27H2,1-6H3,(H,49,50)(H,51,57)(H,52,58)/t29-,30-,39-,40-,41-,42+/m0/s1. The summed E-state index contributed by atoms with van der Waals surface area (Å²) < 4.78 is 15.1. The Kier molecular flexibility index (Phi) is 13.3. The van der Waals surface area contributed by atoms with Crippen molar-refractivity contribution in [1.82, 2.24) is 30.4 Å². The minimum atomic E-state index is -0.870. The predicted octanol–water partition coefficient (Wildman–Crippen LogP) is 7.18. The van der Waals surface area contributed by atoms with Gasteiger partial charge in [0.05, 0.1) is 44.8 Å². The molecule has 61 heavy (non-hydrogen) atoms. The predicted molar refractivity (Wildman–Crippen MR) is 232 cm³/mol. The molecule has 320 valence electrons. The van der Waals surface area contributed by atoms with Crippen LogP contribution in [0.5, 0.6) is 0 Å². The zero-order valence-electron chi connectivity index (χ0n) is 35.6. The van der Waals surface area contributed by atoms with Crippen LogP contribution in [0.1, 0.15) is 69.1 Å². The van der Waals surface area contributed by atoms with Crippen molar-refractivity contribution in [1.29, 1.82) is 0 Å². The van der Waals surface area contributed by atoms with Gasteiger partial charge < -0.3 is 39.6 Å². The third-order valence-corrected chi connectivity index (χ3v) is 11.9. The number of H-pyrrole nitrogens is 1. The van der Waals surface area contributed by atoms with Gasteiger partial charge in [-0.25, -0.2) is 14.6 Å². The SMILES string of the molecule is COC[C@H]1C[C@@H](c2ncc(-c3ccc(-c4ccc(C5=CN=C([C@@H]6C[C@H](C)CN6C(=O)[C@H](NC(=O)OC)c6ccccc6)C5)cc4)cc3)[nH]2)N(C(=O)[C@@H](NC(=O)OC)C(C)C)C1. The van der Waals surface area contributed by atoms with Crippen molar-refractivity contribution in [3.05, 3.63) is 108 Å². The maximum Gasteiger partial charge on any atom is 0.407 e. The van der Waals surface area contributed by atoms with Gasteiger partial charge in [0.2, 0.25) is 11.8 Å². The van der Waals surface area contributed by atoms with Gasteiger partial charge in [0.1, 0.15) is 17.9 Å². The van der Waals surface area contributed by atoms with Gasteiger partial charge in [-0.15, -0.1) is 0 Å². The molecule has 14 heteroatoms. The Morgan fingerprint density at radius 2 is 1.39 bits per heavy atom. The molecule has 2 saturated heterocycles. The summed E-state index contributed by atoms with van der Waals surface area (Å²) in [5.74, 6) is 0.577. The first-order valence-electron chi connectivity index (χ1n) is 20.8. The summed E-state index contributed by atoms with van der Waals surface area (Å²) in [6.07, 6.45) is 4.50. The van der Waals surface area contributed by atoms with Crippen LogP contribution < -0.4 is 10.6 Å². The third-order valence-electron chi connectivity index (χ3n) is 11.9. The number of hydrogen-bond acceptors (Lipinski definition) is 9. The molecule has 3 aliphatic rings. The van der Waals surface area contributed by atoms with Gasteiger partial charge in [-0.2, -0.15) is 0 Å². The molecule has 4 amide bonds. The van der Waals surface area contributed by atoms with Crippen molar-refractivity contribution in [2.24, 2.45) is 22.7 Å². The van der Waals surface area contributed by atoms with Crippen molar-refractivity contribution in [2.45, 2.75) is 64.2 Å². The average Bonchev–Trinajstić information content (AvgIpc) is 4.11. The molecule has 0 radical (unpaired) electrons. The van der Waals surface area contributed by atoms with E-state index in [1.54, 1.807) is 18.2 Å². The van der Waals surface area contributed by atoms with Crippen molar-refractivity contribution in [3.8, 4) is 22.4 Å². The summed E-state index contributed by atoms with van der Waals surface area (Å²) in [5, 5.41) is 5.46. The number of alkyl carbamates (subject to hydrolysis) is 2. The van der Waals surface area contributed by atoms with Crippen molar-refractivity contribution in [2.75, 3.05) is 41.0 Å². The molecule has 6 atom stereocenters. The van der Waals surface area contributed by atoms with E-state index >= 15 is 0 Å². The Hall–Kier alpha value is -6.28. The van der Waals surface area contributed by atoms with Crippen LogP contribution in [-0.2, 0) is 23.8 Å². The molecule has 4 aromatic rings. The molecule has 3 N–H and O–H groups in total. The lowest BCUT2D eigenvalue weighted by atomic mass is 9.95. The highest BCUT2D eigenvalue weighted by Crippen LogP contribution is 2.37. The molecular weight excluding hydrogens is 775 g/mol. The van der Waals surface area contributed by atoms with Crippen LogP contribution in [0.3, 0.4) is 0 Å². The Labute approximate surface area is 356 Å². The van der Waals surface area contributed by atoms with Gasteiger partial charge in [-0.1, -0.05) is 99.6 Å². The van der Waals surface area contributed by atoms with E-state index in [2.05, 4.69) is 71.1 Å². The fraction of sp³-hybridized carbons (Fsp3) is 0.404. The molecule has 7 rings (SSSR count). The van der Waals surface area contributed by atoms with Gasteiger partial charge >= 0.3 is 12.2 Å². The molecule has 3 aliphatic heterocycles. The lowest BCUT2D eigenvalue weighted by Gasteiger charge is -2.30. The number of allylic oxidation sites excluding steroid dienone is 1. The van der Waals surface area contributed by atoms with Gasteiger partial charge in [0, 0.05) is 44.4 Å². The van der Waals surface area contributed by atoms with E-state index in [0.29, 0.717) is 43.9 Å². The molecule has 14 nitrogen and oxygen atoms in total. The van der Waals surface area contributed by atoms with E-state index < -0.39 is 24.3 Å². The van der Waals surface area contributed by atoms with Crippen molar-refractivity contribution >= 4 is 35.3 Å². The zero-order chi connectivity index (χ0) is 43.2. The van der Waals surface area contributed by atoms with E-state index in [9.17, 15) is 19.2 Å². The molecule has 0 saturated carbocycles. The molecule has 0 unspecified atom stereocenters. The van der Waals surface area contributed by atoms with Crippen LogP contribution in [0.15, 0.2) is 96.3 Å². The summed E-state index contributed by atoms with van der Waals surface area (Å²) in [6, 6.07) is 23.8. The van der Waals surface area contributed by atoms with Gasteiger partial charge in [0.25, 0.3) is 0 Å². The molecule has 4 heterocycles. The van der Waals surface area contributed by atoms with E-state index in [1.165, 1.54) is 14.2 Å². The maximum atomic E-state index is 14.1. The number of aromatic nitrogens is 2. The molecule has 2 fully saturated rings. The lowest BCUT2D eigenvalue weighted by Crippen LogP contribution is -2.51. The van der Waals surface area contributed by atoms with E-state index in [0.717, 1.165) is 45.7 Å². The normalized spacial score (nSPS) is 20.8. The second kappa shape index (κ2) is 19.0. The van der Waals surface area contributed by atoms with Crippen LogP contribution in [0.25, 0.3) is 28.0 Å². The van der Waals surface area contributed by atoms with Crippen LogP contribution >= 0.6 is 0 Å². The van der Waals surface area contributed by atoms with Crippen molar-refractivity contribution in [3.63, 3.8) is 0 Å². The van der Waals surface area contributed by atoms with Crippen LogP contribution in [0, 0.1) is 17.8 Å². The largest absolute Gasteiger partial charge is 0.453 e. The number of imidazole rings is 1. The van der Waals surface area contributed by atoms with E-state index in [4.69, 9.17) is 24.2 Å². The number of hydrogen-bond donors (Lipinski definition) is 3. The first-order valence-corrected chi connectivity index (χ1v) is 20.8. The second-order valence-electron chi connectivity index (χ2n) is 16.5. The fourth-order valence-corrected chi connectivity index (χ4v) is 8.74. The minimum absolute atomic E-state index is 0.122. The molecule has 1 aromatic heterocycles. The molecule has 0 bridgehead atoms. The minimum Gasteiger partial charge on any atom is -0.453 e. The molecule has 0 aliphatic carbocycles. The van der Waals surface area contributed by atoms with Gasteiger partial charge in [-0.3, -0.25) is 14.6 Å². The van der Waals surface area contributed by atoms with Crippen LogP contribution in [-0.4, -0.2) is 103 Å². The topological polar surface area (TPSA) is 168 Å².